The fraction of sp³-hybridized carbons (Fsp3) is 0.250. The zero-order chi connectivity index (χ0) is 15.6. The molecule has 0 atom stereocenters. The van der Waals surface area contributed by atoms with Crippen LogP contribution < -0.4 is 0 Å². The molecule has 9 heteroatoms. The Morgan fingerprint density at radius 2 is 2.10 bits per heavy atom. The van der Waals surface area contributed by atoms with Crippen LogP contribution in [0.4, 0.5) is 17.6 Å². The maximum Gasteiger partial charge on any atom is 0.471 e. The van der Waals surface area contributed by atoms with Crippen LogP contribution in [-0.2, 0) is 10.9 Å². The minimum absolute atomic E-state index is 0.0410. The second kappa shape index (κ2) is 5.60. The number of ketones is 1. The van der Waals surface area contributed by atoms with E-state index in [9.17, 15) is 22.4 Å². The van der Waals surface area contributed by atoms with Gasteiger partial charge in [-0.2, -0.15) is 18.2 Å². The number of carbonyl (C=O) groups is 1. The minimum atomic E-state index is -4.78. The number of aromatic nitrogens is 2. The molecular weight excluding hydrogens is 296 g/mol. The first-order valence-electron chi connectivity index (χ1n) is 5.56. The van der Waals surface area contributed by atoms with Gasteiger partial charge in [0.1, 0.15) is 12.4 Å². The van der Waals surface area contributed by atoms with E-state index in [2.05, 4.69) is 19.4 Å². The molecule has 0 amide bonds. The molecule has 1 aromatic carbocycles. The predicted octanol–water partition coefficient (Wildman–Crippen LogP) is 2.72. The molecule has 112 valence electrons. The number of methoxy groups -OCH3 is 1. The molecule has 0 unspecified atom stereocenters. The number of halogens is 4. The number of ether oxygens (including phenoxy) is 1. The summed E-state index contributed by atoms with van der Waals surface area (Å²) < 4.78 is 59.4. The Balaban J connectivity index is 2.32. The number of hydrogen-bond donors (Lipinski definition) is 0. The van der Waals surface area contributed by atoms with Gasteiger partial charge in [0.15, 0.2) is 5.78 Å². The lowest BCUT2D eigenvalue weighted by molar-refractivity contribution is -0.159. The largest absolute Gasteiger partial charge is 0.471 e. The van der Waals surface area contributed by atoms with Crippen LogP contribution in [0.5, 0.6) is 0 Å². The molecule has 5 nitrogen and oxygen atoms in total. The molecule has 0 N–H and O–H groups in total. The molecule has 2 aromatic rings. The van der Waals surface area contributed by atoms with Gasteiger partial charge < -0.3 is 9.26 Å². The van der Waals surface area contributed by atoms with Crippen LogP contribution in [0, 0.1) is 5.82 Å². The molecule has 0 aliphatic rings. The highest BCUT2D eigenvalue weighted by Gasteiger charge is 2.38. The van der Waals surface area contributed by atoms with E-state index in [0.29, 0.717) is 0 Å². The third kappa shape index (κ3) is 3.24. The summed E-state index contributed by atoms with van der Waals surface area (Å²) in [5.74, 6) is -3.46. The van der Waals surface area contributed by atoms with Crippen LogP contribution in [0.15, 0.2) is 22.7 Å². The van der Waals surface area contributed by atoms with Gasteiger partial charge in [0.2, 0.25) is 5.82 Å². The molecule has 1 aromatic heterocycles. The molecule has 0 saturated carbocycles. The number of Topliss-reactive ketones (excluding diaryl/α,β-unsaturated/α-hetero) is 1. The lowest BCUT2D eigenvalue weighted by Gasteiger charge is -2.03. The van der Waals surface area contributed by atoms with Gasteiger partial charge in [-0.1, -0.05) is 11.2 Å². The first kappa shape index (κ1) is 15.1. The third-order valence-electron chi connectivity index (χ3n) is 2.47. The van der Waals surface area contributed by atoms with Gasteiger partial charge in [0, 0.05) is 12.7 Å². The normalized spacial score (nSPS) is 11.7. The number of rotatable bonds is 4. The summed E-state index contributed by atoms with van der Waals surface area (Å²) in [7, 11) is 1.28. The summed E-state index contributed by atoms with van der Waals surface area (Å²) >= 11 is 0. The average molecular weight is 304 g/mol. The topological polar surface area (TPSA) is 65.2 Å². The van der Waals surface area contributed by atoms with E-state index >= 15 is 0 Å². The summed E-state index contributed by atoms with van der Waals surface area (Å²) in [5.41, 5.74) is -0.277. The summed E-state index contributed by atoms with van der Waals surface area (Å²) in [6.07, 6.45) is -4.78. The zero-order valence-corrected chi connectivity index (χ0v) is 10.6. The second-order valence-electron chi connectivity index (χ2n) is 3.97. The lowest BCUT2D eigenvalue weighted by atomic mass is 10.1. The molecule has 0 aliphatic heterocycles. The standard InChI is InChI=1S/C12H8F4N2O3/c1-20-5-9(19)7-3-2-6(4-8(7)13)10-17-11(21-18-10)12(14,15)16/h2-4H,5H2,1H3. The van der Waals surface area contributed by atoms with Gasteiger partial charge in [-0.05, 0) is 12.1 Å². The minimum Gasteiger partial charge on any atom is -0.377 e. The van der Waals surface area contributed by atoms with E-state index in [4.69, 9.17) is 0 Å². The molecule has 1 heterocycles. The quantitative estimate of drug-likeness (QED) is 0.642. The van der Waals surface area contributed by atoms with Crippen molar-refractivity contribution in [3.63, 3.8) is 0 Å². The first-order valence-corrected chi connectivity index (χ1v) is 5.56. The Bertz CT molecular complexity index is 667. The van der Waals surface area contributed by atoms with Crippen LogP contribution >= 0.6 is 0 Å². The number of hydrogen-bond acceptors (Lipinski definition) is 5. The molecular formula is C12H8F4N2O3. The van der Waals surface area contributed by atoms with E-state index in [1.807, 2.05) is 0 Å². The van der Waals surface area contributed by atoms with Crippen molar-refractivity contribution in [2.75, 3.05) is 13.7 Å². The van der Waals surface area contributed by atoms with Crippen molar-refractivity contribution in [1.82, 2.24) is 10.1 Å². The van der Waals surface area contributed by atoms with Gasteiger partial charge in [-0.25, -0.2) is 4.39 Å². The number of benzene rings is 1. The Morgan fingerprint density at radius 1 is 1.38 bits per heavy atom. The van der Waals surface area contributed by atoms with Crippen molar-refractivity contribution >= 4 is 5.78 Å². The molecule has 0 bridgehead atoms. The first-order chi connectivity index (χ1) is 9.82. The van der Waals surface area contributed by atoms with Crippen molar-refractivity contribution in [1.29, 1.82) is 0 Å². The Labute approximate surface area is 115 Å². The Hall–Kier alpha value is -2.29. The highest BCUT2D eigenvalue weighted by molar-refractivity contribution is 5.97. The molecule has 0 saturated heterocycles. The van der Waals surface area contributed by atoms with Crippen molar-refractivity contribution in [2.24, 2.45) is 0 Å². The van der Waals surface area contributed by atoms with E-state index in [1.165, 1.54) is 13.2 Å². The van der Waals surface area contributed by atoms with Gasteiger partial charge in [0.05, 0.1) is 5.56 Å². The van der Waals surface area contributed by atoms with Crippen LogP contribution in [-0.4, -0.2) is 29.6 Å². The molecule has 0 radical (unpaired) electrons. The Morgan fingerprint density at radius 3 is 2.62 bits per heavy atom. The zero-order valence-electron chi connectivity index (χ0n) is 10.6. The molecule has 2 rings (SSSR count). The third-order valence-corrected chi connectivity index (χ3v) is 2.47. The van der Waals surface area contributed by atoms with Crippen molar-refractivity contribution in [3.05, 3.63) is 35.5 Å². The van der Waals surface area contributed by atoms with Crippen molar-refractivity contribution in [2.45, 2.75) is 6.18 Å². The molecule has 21 heavy (non-hydrogen) atoms. The molecule has 0 fully saturated rings. The number of carbonyl (C=O) groups excluding carboxylic acids is 1. The molecule has 0 spiro atoms. The van der Waals surface area contributed by atoms with Crippen LogP contribution in [0.3, 0.4) is 0 Å². The fourth-order valence-corrected chi connectivity index (χ4v) is 1.55. The monoisotopic (exact) mass is 304 g/mol. The van der Waals surface area contributed by atoms with Crippen molar-refractivity contribution < 1.29 is 31.6 Å². The average Bonchev–Trinajstić information content (AvgIpc) is 2.88. The number of alkyl halides is 3. The summed E-state index contributed by atoms with van der Waals surface area (Å²) in [4.78, 5) is 14.6. The highest BCUT2D eigenvalue weighted by Crippen LogP contribution is 2.29. The second-order valence-corrected chi connectivity index (χ2v) is 3.97. The van der Waals surface area contributed by atoms with Crippen LogP contribution in [0.2, 0.25) is 0 Å². The van der Waals surface area contributed by atoms with Crippen LogP contribution in [0.1, 0.15) is 16.2 Å². The highest BCUT2D eigenvalue weighted by atomic mass is 19.4. The van der Waals surface area contributed by atoms with Gasteiger partial charge in [-0.15, -0.1) is 0 Å². The fourth-order valence-electron chi connectivity index (χ4n) is 1.55. The van der Waals surface area contributed by atoms with Gasteiger partial charge >= 0.3 is 12.1 Å². The van der Waals surface area contributed by atoms with Crippen molar-refractivity contribution in [3.8, 4) is 11.4 Å². The van der Waals surface area contributed by atoms with Crippen LogP contribution in [0.25, 0.3) is 11.4 Å². The van der Waals surface area contributed by atoms with E-state index in [0.717, 1.165) is 12.1 Å². The summed E-state index contributed by atoms with van der Waals surface area (Å²) in [6, 6.07) is 3.19. The molecule has 0 aliphatic carbocycles. The Kier molecular flexibility index (Phi) is 4.03. The van der Waals surface area contributed by atoms with E-state index in [1.54, 1.807) is 0 Å². The maximum absolute atomic E-state index is 13.8. The smallest absolute Gasteiger partial charge is 0.377 e. The van der Waals surface area contributed by atoms with Gasteiger partial charge in [-0.3, -0.25) is 4.79 Å². The van der Waals surface area contributed by atoms with E-state index < -0.39 is 29.5 Å². The summed E-state index contributed by atoms with van der Waals surface area (Å²) in [5, 5.41) is 3.12. The van der Waals surface area contributed by atoms with E-state index in [-0.39, 0.29) is 17.7 Å². The number of nitrogens with zero attached hydrogens (tertiary/aromatic N) is 2. The van der Waals surface area contributed by atoms with Gasteiger partial charge in [0.25, 0.3) is 0 Å². The lowest BCUT2D eigenvalue weighted by Crippen LogP contribution is -2.09. The maximum atomic E-state index is 13.8. The SMILES string of the molecule is COCC(=O)c1ccc(-c2noc(C(F)(F)F)n2)cc1F. The predicted molar refractivity (Wildman–Crippen MR) is 60.9 cm³/mol. The summed E-state index contributed by atoms with van der Waals surface area (Å²) in [6.45, 7) is -0.309.